The van der Waals surface area contributed by atoms with Gasteiger partial charge in [-0.25, -0.2) is 45.9 Å². The maximum absolute atomic E-state index is 9.43. The van der Waals surface area contributed by atoms with Crippen molar-refractivity contribution in [1.82, 2.24) is 97.0 Å². The van der Waals surface area contributed by atoms with Gasteiger partial charge < -0.3 is 196 Å². The van der Waals surface area contributed by atoms with E-state index in [0.29, 0.717) is 0 Å². The molecule has 18 aromatic rings. The maximum Gasteiger partial charge on any atom is 3.00 e. The van der Waals surface area contributed by atoms with E-state index in [-0.39, 0.29) is 158 Å². The first-order valence-corrected chi connectivity index (χ1v) is 32.3. The van der Waals surface area contributed by atoms with Crippen LogP contribution in [0.4, 0.5) is 0 Å². The number of carbonyl (C=O) groups excluding carboxylic acids is 2. The predicted molar refractivity (Wildman–Crippen MR) is 443 cm³/mol. The minimum atomic E-state index is -0.361. The summed E-state index contributed by atoms with van der Waals surface area (Å²) in [5, 5.41) is 108. The van der Waals surface area contributed by atoms with E-state index in [4.69, 9.17) is 152 Å². The van der Waals surface area contributed by atoms with E-state index >= 15 is 0 Å². The molecule has 38 nitrogen and oxygen atoms in total. The number of hydrogen-bond donors (Lipinski definition) is 0. The van der Waals surface area contributed by atoms with Crippen LogP contribution in [0, 0.1) is 107 Å². The van der Waals surface area contributed by atoms with E-state index in [9.17, 15) is 9.59 Å². The van der Waals surface area contributed by atoms with Gasteiger partial charge in [0.1, 0.15) is 0 Å². The van der Waals surface area contributed by atoms with Crippen molar-refractivity contribution >= 4 is 132 Å². The molecule has 124 heavy (non-hydrogen) atoms. The minimum Gasteiger partial charge on any atom is -0.512 e. The predicted octanol–water partition coefficient (Wildman–Crippen LogP) is 2.49. The Morgan fingerprint density at radius 1 is 0.226 bits per heavy atom. The average Bonchev–Trinajstić information content (AvgIpc) is 1.61. The van der Waals surface area contributed by atoms with Gasteiger partial charge in [0, 0.05) is 126 Å². The second-order valence-corrected chi connectivity index (χ2v) is 22.5. The molecule has 14 N–H and O–H groups in total. The van der Waals surface area contributed by atoms with Crippen molar-refractivity contribution < 1.29 is 146 Å². The summed E-state index contributed by atoms with van der Waals surface area (Å²) in [5.41, 5.74) is 9.31. The summed E-state index contributed by atoms with van der Waals surface area (Å²) in [6.45, 7) is 42.8. The summed E-state index contributed by atoms with van der Waals surface area (Å²) >= 11 is 0. The second kappa shape index (κ2) is 66.4. The van der Waals surface area contributed by atoms with E-state index in [1.807, 2.05) is 206 Å². The molecule has 0 aliphatic heterocycles. The molecule has 2 amide bonds. The van der Waals surface area contributed by atoms with Crippen LogP contribution in [-0.4, -0.2) is 198 Å². The van der Waals surface area contributed by atoms with E-state index in [1.54, 1.807) is 28.2 Å². The fourth-order valence-electron chi connectivity index (χ4n) is 11.5. The first-order chi connectivity index (χ1) is 55.2. The fraction of sp³-hybridized carbons (Fsp3) is 0.0513. The van der Waals surface area contributed by atoms with Crippen molar-refractivity contribution in [2.45, 2.75) is 0 Å². The maximum atomic E-state index is 9.43. The smallest absolute Gasteiger partial charge is 0.512 e. The molecule has 9 aromatic carbocycles. The number of carbonyl (C=O) groups is 2. The van der Waals surface area contributed by atoms with E-state index in [1.165, 1.54) is 9.80 Å². The number of nitrogens with zero attached hydrogens (tertiary/aromatic N) is 29. The summed E-state index contributed by atoms with van der Waals surface area (Å²) in [6, 6.07) is 73.8. The molecule has 7 radical (unpaired) electrons. The topological polar surface area (TPSA) is 636 Å². The zero-order valence-electron chi connectivity index (χ0n) is 66.0. The summed E-state index contributed by atoms with van der Waals surface area (Å²) in [5.74, 6) is 0. The van der Waals surface area contributed by atoms with Crippen molar-refractivity contribution in [3.8, 4) is 0 Å². The number of fused-ring (bicyclic) bond motifs is 9. The molecule has 0 fully saturated rings. The Labute approximate surface area is 777 Å². The third kappa shape index (κ3) is 28.9. The van der Waals surface area contributed by atoms with Gasteiger partial charge in [0.15, 0.2) is 0 Å². The third-order valence-electron chi connectivity index (χ3n) is 15.9. The van der Waals surface area contributed by atoms with E-state index in [0.717, 1.165) is 111 Å². The van der Waals surface area contributed by atoms with E-state index in [2.05, 4.69) is 109 Å². The molecular formula is C78H73B3CuFe3N29NaO9. The zero-order chi connectivity index (χ0) is 82.1. The minimum absolute atomic E-state index is 0. The molecule has 0 bridgehead atoms. The number of rotatable bonds is 11. The van der Waals surface area contributed by atoms with Gasteiger partial charge in [0.2, 0.25) is 12.8 Å². The van der Waals surface area contributed by atoms with Crippen molar-refractivity contribution in [2.75, 3.05) is 28.2 Å². The van der Waals surface area contributed by atoms with Crippen molar-refractivity contribution in [2.24, 2.45) is 0 Å². The summed E-state index contributed by atoms with van der Waals surface area (Å²) in [6.07, 6.45) is 18.5. The molecule has 18 rings (SSSR count). The first-order valence-electron chi connectivity index (χ1n) is 32.3. The van der Waals surface area contributed by atoms with Crippen LogP contribution in [0.3, 0.4) is 0 Å². The largest absolute Gasteiger partial charge is 3.00 e. The molecule has 46 heteroatoms. The monoisotopic (exact) mass is 1850 g/mol. The van der Waals surface area contributed by atoms with Crippen LogP contribution in [0.1, 0.15) is 0 Å². The van der Waals surface area contributed by atoms with Crippen molar-refractivity contribution in [3.63, 3.8) is 0 Å². The van der Waals surface area contributed by atoms with Gasteiger partial charge in [-0.1, -0.05) is 164 Å². The Balaban J connectivity index is -0.000000227. The molecule has 629 valence electrons. The van der Waals surface area contributed by atoms with Crippen LogP contribution in [0.25, 0.3) is 98.1 Å². The van der Waals surface area contributed by atoms with Gasteiger partial charge >= 0.3 is 97.8 Å². The van der Waals surface area contributed by atoms with Gasteiger partial charge in [0.05, 0.1) is 55.8 Å². The molecule has 0 atom stereocenters. The Morgan fingerprint density at radius 3 is 0.387 bits per heavy atom. The Bertz CT molecular complexity index is 5070. The van der Waals surface area contributed by atoms with Crippen LogP contribution in [-0.2, 0) is 77.9 Å². The Hall–Kier alpha value is -14.4. The van der Waals surface area contributed by atoms with Gasteiger partial charge in [0.25, 0.3) is 21.4 Å². The molecule has 0 unspecified atom stereocenters. The molecular weight excluding hydrogens is 1770 g/mol. The summed E-state index contributed by atoms with van der Waals surface area (Å²) in [4.78, 5) is 21.8. The van der Waals surface area contributed by atoms with Gasteiger partial charge in [-0.05, 0) is 54.6 Å². The van der Waals surface area contributed by atoms with Crippen molar-refractivity contribution in [3.05, 3.63) is 333 Å². The summed E-state index contributed by atoms with van der Waals surface area (Å²) < 4.78 is 17.8. The standard InChI is InChI=1S/3C21H15BN6.2C3H7NO.9CN.Cu.3Fe.Na.7H2O/c3*1-4-10-19-16(7-1)13-23-26(19)22(27-20-11-5-2-8-17(20)14-24-27)28-21-12-6-3-9-18(21)15-25-28;2*1-4(2)3-5;9*1-2;;;;;;;;;;;;/h3*1-15H;2*3H,1-2H3;;;;;;;;;;;;;;;7*1H2/q3*-1;;;9*-1;+2;3*+3;+1;;;;;;;. The van der Waals surface area contributed by atoms with Gasteiger partial charge in [-0.3, -0.25) is 9.59 Å². The van der Waals surface area contributed by atoms with Crippen LogP contribution >= 0.6 is 0 Å². The Morgan fingerprint density at radius 2 is 0.306 bits per heavy atom. The fourth-order valence-corrected chi connectivity index (χ4v) is 11.5. The van der Waals surface area contributed by atoms with Crippen LogP contribution in [0.5, 0.6) is 0 Å². The molecule has 9 heterocycles. The number of amides is 2. The van der Waals surface area contributed by atoms with Gasteiger partial charge in [-0.2, -0.15) is 0 Å². The summed E-state index contributed by atoms with van der Waals surface area (Å²) in [7, 11) is 5.67. The second-order valence-electron chi connectivity index (χ2n) is 22.5. The quantitative estimate of drug-likeness (QED) is 0.102. The third-order valence-corrected chi connectivity index (χ3v) is 15.9. The molecule has 0 aliphatic rings. The SMILES string of the molecule is CN(C)C=O.CN(C)C=O.O.O.O.O.O.O.O.[C-]#N.[C-]#N.[C-]#N.[C-]#N.[C-]#N.[C-]#N.[C-]#N.[C-]#N.[C-]#N.[Cu+2].[Fe+3].[Fe+3].[Fe+3].[Na+].c1ccc2c(c1)cnn2[B-](n1ncc2ccccc21)n1ncc2ccccc21.c1ccc2c(c1)cnn2[B-](n1ncc2ccccc21)n1ncc2ccccc21.c1ccc2c(c1)cnn2[B-](n1ncc2ccccc21)n1ncc2ccccc21. The average molecular weight is 1850 g/mol. The van der Waals surface area contributed by atoms with Crippen LogP contribution < -0.4 is 29.6 Å². The molecule has 0 saturated carbocycles. The number of hydrogen-bond acceptors (Lipinski definition) is 20. The molecule has 0 saturated heterocycles. The van der Waals surface area contributed by atoms with Crippen LogP contribution in [0.2, 0.25) is 0 Å². The van der Waals surface area contributed by atoms with Gasteiger partial charge in [-0.15, -0.1) is 0 Å². The van der Waals surface area contributed by atoms with Crippen LogP contribution in [0.15, 0.2) is 274 Å². The molecule has 0 spiro atoms. The number of para-hydroxylation sites is 9. The number of aromatic nitrogens is 18. The first kappa shape index (κ1) is 125. The van der Waals surface area contributed by atoms with Crippen molar-refractivity contribution in [1.29, 1.82) is 47.4 Å². The molecule has 0 aliphatic carbocycles. The normalized spacial score (nSPS) is 8.75. The van der Waals surface area contributed by atoms with E-state index < -0.39 is 0 Å². The number of benzene rings is 9. The molecule has 9 aromatic heterocycles. The zero-order valence-corrected chi connectivity index (χ0v) is 72.3. The Kier molecular flexibility index (Phi) is 67.0.